The van der Waals surface area contributed by atoms with Gasteiger partial charge in [-0.25, -0.2) is 13.1 Å². The summed E-state index contributed by atoms with van der Waals surface area (Å²) in [6.07, 6.45) is 2.81. The highest BCUT2D eigenvalue weighted by molar-refractivity contribution is 14.0. The van der Waals surface area contributed by atoms with Gasteiger partial charge in [0.25, 0.3) is 0 Å². The number of nitrogens with zero attached hydrogens (tertiary/aromatic N) is 2. The van der Waals surface area contributed by atoms with Crippen LogP contribution in [0.1, 0.15) is 5.56 Å². The average Bonchev–Trinajstić information content (AvgIpc) is 2.55. The van der Waals surface area contributed by atoms with Gasteiger partial charge in [0.1, 0.15) is 4.90 Å². The molecule has 0 aliphatic rings. The van der Waals surface area contributed by atoms with E-state index in [4.69, 9.17) is 5.73 Å². The molecule has 130 valence electrons. The molecule has 0 radical (unpaired) electrons. The van der Waals surface area contributed by atoms with Crippen LogP contribution in [0.2, 0.25) is 0 Å². The number of pyridine rings is 1. The van der Waals surface area contributed by atoms with E-state index in [0.29, 0.717) is 0 Å². The van der Waals surface area contributed by atoms with Crippen molar-refractivity contribution in [3.05, 3.63) is 54.4 Å². The van der Waals surface area contributed by atoms with Gasteiger partial charge in [0.05, 0.1) is 6.54 Å². The van der Waals surface area contributed by atoms with Crippen molar-refractivity contribution in [3.8, 4) is 0 Å². The SMILES string of the molecule is Cc1ccc(NC(N)=NCCNS(=O)(=O)c2cccnc2)cc1.I. The van der Waals surface area contributed by atoms with E-state index < -0.39 is 10.0 Å². The molecule has 1 heterocycles. The van der Waals surface area contributed by atoms with E-state index in [1.165, 1.54) is 18.5 Å². The number of hydrogen-bond acceptors (Lipinski definition) is 4. The number of aryl methyl sites for hydroxylation is 1. The molecule has 1 aromatic heterocycles. The van der Waals surface area contributed by atoms with Crippen molar-refractivity contribution in [1.29, 1.82) is 0 Å². The molecule has 0 aliphatic carbocycles. The minimum Gasteiger partial charge on any atom is -0.370 e. The summed E-state index contributed by atoms with van der Waals surface area (Å²) >= 11 is 0. The van der Waals surface area contributed by atoms with Gasteiger partial charge in [-0.1, -0.05) is 17.7 Å². The van der Waals surface area contributed by atoms with Crippen molar-refractivity contribution in [1.82, 2.24) is 9.71 Å². The van der Waals surface area contributed by atoms with Crippen LogP contribution in [0.25, 0.3) is 0 Å². The van der Waals surface area contributed by atoms with Crippen LogP contribution in [0.15, 0.2) is 58.7 Å². The van der Waals surface area contributed by atoms with Gasteiger partial charge in [0, 0.05) is 24.6 Å². The molecule has 0 atom stereocenters. The first-order chi connectivity index (χ1) is 11.0. The van der Waals surface area contributed by atoms with Crippen LogP contribution in [0.4, 0.5) is 5.69 Å². The van der Waals surface area contributed by atoms with Crippen LogP contribution in [0.3, 0.4) is 0 Å². The monoisotopic (exact) mass is 461 g/mol. The molecule has 9 heteroatoms. The number of hydrogen-bond donors (Lipinski definition) is 3. The summed E-state index contributed by atoms with van der Waals surface area (Å²) in [7, 11) is -3.56. The average molecular weight is 461 g/mol. The van der Waals surface area contributed by atoms with E-state index in [9.17, 15) is 8.42 Å². The molecule has 0 aliphatic heterocycles. The van der Waals surface area contributed by atoms with Gasteiger partial charge in [-0.3, -0.25) is 9.98 Å². The largest absolute Gasteiger partial charge is 0.370 e. The number of aliphatic imine (C=N–C) groups is 1. The molecule has 1 aromatic carbocycles. The smallest absolute Gasteiger partial charge is 0.242 e. The summed E-state index contributed by atoms with van der Waals surface area (Å²) in [5, 5.41) is 2.94. The summed E-state index contributed by atoms with van der Waals surface area (Å²) < 4.78 is 26.4. The van der Waals surface area contributed by atoms with Crippen molar-refractivity contribution in [2.45, 2.75) is 11.8 Å². The molecule has 24 heavy (non-hydrogen) atoms. The molecular weight excluding hydrogens is 441 g/mol. The van der Waals surface area contributed by atoms with Crippen LogP contribution >= 0.6 is 24.0 Å². The van der Waals surface area contributed by atoms with Crippen LogP contribution in [0, 0.1) is 6.92 Å². The Labute approximate surface area is 158 Å². The molecular formula is C15H20IN5O2S. The Balaban J connectivity index is 0.00000288. The number of nitrogens with one attached hydrogen (secondary N) is 2. The second-order valence-electron chi connectivity index (χ2n) is 4.84. The Hall–Kier alpha value is -1.72. The highest BCUT2D eigenvalue weighted by Gasteiger charge is 2.12. The van der Waals surface area contributed by atoms with E-state index in [0.717, 1.165) is 11.3 Å². The minimum atomic E-state index is -3.56. The zero-order chi connectivity index (χ0) is 16.7. The molecule has 2 rings (SSSR count). The molecule has 0 unspecified atom stereocenters. The maximum Gasteiger partial charge on any atom is 0.242 e. The Morgan fingerprint density at radius 3 is 2.58 bits per heavy atom. The molecule has 0 saturated heterocycles. The van der Waals surface area contributed by atoms with Gasteiger partial charge in [0.2, 0.25) is 10.0 Å². The standard InChI is InChI=1S/C15H19N5O2S.HI/c1-12-4-6-13(7-5-12)20-15(16)18-9-10-19-23(21,22)14-3-2-8-17-11-14;/h2-8,11,19H,9-10H2,1H3,(H3,16,18,20);1H. The maximum absolute atomic E-state index is 12.0. The van der Waals surface area contributed by atoms with Gasteiger partial charge in [-0.2, -0.15) is 0 Å². The first-order valence-electron chi connectivity index (χ1n) is 7.01. The normalized spacial score (nSPS) is 11.6. The predicted molar refractivity (Wildman–Crippen MR) is 106 cm³/mol. The Morgan fingerprint density at radius 2 is 1.96 bits per heavy atom. The van der Waals surface area contributed by atoms with E-state index in [1.54, 1.807) is 6.07 Å². The minimum absolute atomic E-state index is 0. The highest BCUT2D eigenvalue weighted by Crippen LogP contribution is 2.08. The number of aromatic nitrogens is 1. The van der Waals surface area contributed by atoms with Gasteiger partial charge >= 0.3 is 0 Å². The van der Waals surface area contributed by atoms with Crippen molar-refractivity contribution in [2.24, 2.45) is 10.7 Å². The number of benzene rings is 1. The molecule has 2 aromatic rings. The van der Waals surface area contributed by atoms with E-state index >= 15 is 0 Å². The lowest BCUT2D eigenvalue weighted by Gasteiger charge is -2.07. The summed E-state index contributed by atoms with van der Waals surface area (Å²) in [6, 6.07) is 10.7. The van der Waals surface area contributed by atoms with Crippen molar-refractivity contribution < 1.29 is 8.42 Å². The predicted octanol–water partition coefficient (Wildman–Crippen LogP) is 1.71. The molecule has 0 bridgehead atoms. The second-order valence-corrected chi connectivity index (χ2v) is 6.61. The van der Waals surface area contributed by atoms with Crippen LogP contribution < -0.4 is 15.8 Å². The van der Waals surface area contributed by atoms with Crippen molar-refractivity contribution in [2.75, 3.05) is 18.4 Å². The lowest BCUT2D eigenvalue weighted by Crippen LogP contribution is -2.28. The fraction of sp³-hybridized carbons (Fsp3) is 0.200. The first-order valence-corrected chi connectivity index (χ1v) is 8.49. The van der Waals surface area contributed by atoms with Crippen LogP contribution in [-0.2, 0) is 10.0 Å². The third-order valence-electron chi connectivity index (χ3n) is 2.95. The summed E-state index contributed by atoms with van der Waals surface area (Å²) in [6.45, 7) is 2.37. The van der Waals surface area contributed by atoms with E-state index in [1.807, 2.05) is 31.2 Å². The van der Waals surface area contributed by atoms with Gasteiger partial charge in [-0.05, 0) is 31.2 Å². The third-order valence-corrected chi connectivity index (χ3v) is 4.40. The molecule has 7 nitrogen and oxygen atoms in total. The van der Waals surface area contributed by atoms with Gasteiger partial charge in [0.15, 0.2) is 5.96 Å². The molecule has 0 spiro atoms. The number of halogens is 1. The molecule has 0 fully saturated rings. The van der Waals surface area contributed by atoms with Crippen LogP contribution in [-0.4, -0.2) is 32.5 Å². The summed E-state index contributed by atoms with van der Waals surface area (Å²) in [5.74, 6) is 0.231. The Bertz CT molecular complexity index is 764. The zero-order valence-corrected chi connectivity index (χ0v) is 16.3. The van der Waals surface area contributed by atoms with Gasteiger partial charge < -0.3 is 11.1 Å². The lowest BCUT2D eigenvalue weighted by atomic mass is 10.2. The van der Waals surface area contributed by atoms with E-state index in [2.05, 4.69) is 20.0 Å². The van der Waals surface area contributed by atoms with Crippen molar-refractivity contribution >= 4 is 45.6 Å². The fourth-order valence-electron chi connectivity index (χ4n) is 1.77. The fourth-order valence-corrected chi connectivity index (χ4v) is 2.75. The first kappa shape index (κ1) is 20.3. The number of rotatable bonds is 6. The number of sulfonamides is 1. The molecule has 0 amide bonds. The number of guanidine groups is 1. The third kappa shape index (κ3) is 6.42. The summed E-state index contributed by atoms with van der Waals surface area (Å²) in [5.41, 5.74) is 7.73. The van der Waals surface area contributed by atoms with Crippen molar-refractivity contribution in [3.63, 3.8) is 0 Å². The maximum atomic E-state index is 12.0. The second kappa shape index (κ2) is 9.55. The highest BCUT2D eigenvalue weighted by atomic mass is 127. The van der Waals surface area contributed by atoms with Gasteiger partial charge in [-0.15, -0.1) is 24.0 Å². The number of anilines is 1. The molecule has 4 N–H and O–H groups in total. The van der Waals surface area contributed by atoms with Crippen LogP contribution in [0.5, 0.6) is 0 Å². The molecule has 0 saturated carbocycles. The number of nitrogens with two attached hydrogens (primary N) is 1. The lowest BCUT2D eigenvalue weighted by molar-refractivity contribution is 0.582. The van der Waals surface area contributed by atoms with E-state index in [-0.39, 0.29) is 47.9 Å². The summed E-state index contributed by atoms with van der Waals surface area (Å²) in [4.78, 5) is 7.98. The topological polar surface area (TPSA) is 109 Å². The zero-order valence-electron chi connectivity index (χ0n) is 13.1. The quantitative estimate of drug-likeness (QED) is 0.263. The Kier molecular flexibility index (Phi) is 8.08. The Morgan fingerprint density at radius 1 is 1.25 bits per heavy atom.